The number of hydrogen-bond acceptors (Lipinski definition) is 3. The van der Waals surface area contributed by atoms with Crippen molar-refractivity contribution >= 4 is 18.3 Å². The van der Waals surface area contributed by atoms with Crippen LogP contribution in [0.2, 0.25) is 0 Å². The first-order valence-electron chi connectivity index (χ1n) is 6.31. The standard InChI is InChI=1S/C14H20N2O2.ClH/c1-15-12-6-7-16(10-12)14(17)9-11-4-3-5-13(8-11)18-2;/h3-5,8,12,15H,6-7,9-10H2,1-2H3;1H. The number of rotatable bonds is 4. The SMILES string of the molecule is CNC1CCN(C(=O)Cc2cccc(OC)c2)C1.Cl. The summed E-state index contributed by atoms with van der Waals surface area (Å²) in [6.07, 6.45) is 1.49. The van der Waals surface area contributed by atoms with Crippen LogP contribution in [0.15, 0.2) is 24.3 Å². The highest BCUT2D eigenvalue weighted by Crippen LogP contribution is 2.15. The maximum atomic E-state index is 12.1. The maximum absolute atomic E-state index is 12.1. The van der Waals surface area contributed by atoms with Crippen LogP contribution in [0, 0.1) is 0 Å². The number of benzene rings is 1. The predicted molar refractivity (Wildman–Crippen MR) is 78.0 cm³/mol. The normalized spacial score (nSPS) is 18.0. The molecule has 5 heteroatoms. The van der Waals surface area contributed by atoms with Gasteiger partial charge < -0.3 is 15.0 Å². The van der Waals surface area contributed by atoms with E-state index < -0.39 is 0 Å². The molecule has 1 N–H and O–H groups in total. The number of methoxy groups -OCH3 is 1. The lowest BCUT2D eigenvalue weighted by atomic mass is 10.1. The molecular formula is C14H21ClN2O2. The van der Waals surface area contributed by atoms with Gasteiger partial charge in [0.2, 0.25) is 5.91 Å². The van der Waals surface area contributed by atoms with Crippen molar-refractivity contribution in [3.63, 3.8) is 0 Å². The van der Waals surface area contributed by atoms with Gasteiger partial charge in [0.1, 0.15) is 5.75 Å². The summed E-state index contributed by atoms with van der Waals surface area (Å²) in [6.45, 7) is 1.67. The zero-order chi connectivity index (χ0) is 13.0. The third-order valence-corrected chi connectivity index (χ3v) is 3.44. The molecule has 1 aromatic carbocycles. The van der Waals surface area contributed by atoms with Crippen molar-refractivity contribution in [1.82, 2.24) is 10.2 Å². The van der Waals surface area contributed by atoms with Gasteiger partial charge in [0.05, 0.1) is 13.5 Å². The van der Waals surface area contributed by atoms with Crippen LogP contribution in [-0.4, -0.2) is 44.1 Å². The highest BCUT2D eigenvalue weighted by Gasteiger charge is 2.24. The Hall–Kier alpha value is -1.26. The quantitative estimate of drug-likeness (QED) is 0.911. The molecule has 1 amide bonds. The summed E-state index contributed by atoms with van der Waals surface area (Å²) >= 11 is 0. The topological polar surface area (TPSA) is 41.6 Å². The van der Waals surface area contributed by atoms with Crippen LogP contribution in [-0.2, 0) is 11.2 Å². The zero-order valence-corrected chi connectivity index (χ0v) is 12.2. The molecule has 0 spiro atoms. The molecule has 0 bridgehead atoms. The molecule has 1 aromatic rings. The van der Waals surface area contributed by atoms with E-state index >= 15 is 0 Å². The molecular weight excluding hydrogens is 264 g/mol. The Balaban J connectivity index is 0.00000180. The largest absolute Gasteiger partial charge is 0.497 e. The first kappa shape index (κ1) is 15.8. The van der Waals surface area contributed by atoms with Crippen LogP contribution in [0.1, 0.15) is 12.0 Å². The van der Waals surface area contributed by atoms with E-state index in [4.69, 9.17) is 4.74 Å². The van der Waals surface area contributed by atoms with Crippen molar-refractivity contribution in [3.05, 3.63) is 29.8 Å². The highest BCUT2D eigenvalue weighted by atomic mass is 35.5. The molecule has 1 aliphatic rings. The van der Waals surface area contributed by atoms with Crippen LogP contribution < -0.4 is 10.1 Å². The fourth-order valence-electron chi connectivity index (χ4n) is 2.29. The van der Waals surface area contributed by atoms with Gasteiger partial charge in [-0.2, -0.15) is 0 Å². The molecule has 2 rings (SSSR count). The average Bonchev–Trinajstić information content (AvgIpc) is 2.88. The summed E-state index contributed by atoms with van der Waals surface area (Å²) in [5, 5.41) is 3.22. The molecule has 0 radical (unpaired) electrons. The number of carbonyl (C=O) groups is 1. The number of likely N-dealkylation sites (N-methyl/N-ethyl adjacent to an activating group) is 1. The van der Waals surface area contributed by atoms with Crippen molar-refractivity contribution in [2.75, 3.05) is 27.2 Å². The fourth-order valence-corrected chi connectivity index (χ4v) is 2.29. The molecule has 4 nitrogen and oxygen atoms in total. The Morgan fingerprint density at radius 2 is 2.32 bits per heavy atom. The van der Waals surface area contributed by atoms with Crippen molar-refractivity contribution in [2.45, 2.75) is 18.9 Å². The first-order chi connectivity index (χ1) is 8.72. The summed E-state index contributed by atoms with van der Waals surface area (Å²) in [7, 11) is 3.58. The summed E-state index contributed by atoms with van der Waals surface area (Å²) in [4.78, 5) is 14.1. The van der Waals surface area contributed by atoms with Gasteiger partial charge in [-0.15, -0.1) is 12.4 Å². The van der Waals surface area contributed by atoms with Crippen molar-refractivity contribution in [3.8, 4) is 5.75 Å². The van der Waals surface area contributed by atoms with Crippen LogP contribution in [0.4, 0.5) is 0 Å². The lowest BCUT2D eigenvalue weighted by Gasteiger charge is -2.16. The molecule has 106 valence electrons. The van der Waals surface area contributed by atoms with E-state index in [-0.39, 0.29) is 18.3 Å². The van der Waals surface area contributed by atoms with E-state index in [1.165, 1.54) is 0 Å². The summed E-state index contributed by atoms with van der Waals surface area (Å²) in [5.74, 6) is 0.996. The molecule has 0 aromatic heterocycles. The predicted octanol–water partition coefficient (Wildman–Crippen LogP) is 1.48. The first-order valence-corrected chi connectivity index (χ1v) is 6.31. The monoisotopic (exact) mass is 284 g/mol. The van der Waals surface area contributed by atoms with Gasteiger partial charge >= 0.3 is 0 Å². The Labute approximate surface area is 120 Å². The number of carbonyl (C=O) groups excluding carboxylic acids is 1. The number of nitrogens with zero attached hydrogens (tertiary/aromatic N) is 1. The van der Waals surface area contributed by atoms with E-state index in [0.29, 0.717) is 12.5 Å². The van der Waals surface area contributed by atoms with Crippen LogP contribution in [0.25, 0.3) is 0 Å². The molecule has 1 aliphatic heterocycles. The summed E-state index contributed by atoms with van der Waals surface area (Å²) < 4.78 is 5.16. The number of hydrogen-bond donors (Lipinski definition) is 1. The smallest absolute Gasteiger partial charge is 0.227 e. The molecule has 0 saturated carbocycles. The van der Waals surface area contributed by atoms with Crippen LogP contribution >= 0.6 is 12.4 Å². The van der Waals surface area contributed by atoms with E-state index in [1.807, 2.05) is 36.2 Å². The van der Waals surface area contributed by atoms with Crippen molar-refractivity contribution < 1.29 is 9.53 Å². The lowest BCUT2D eigenvalue weighted by molar-refractivity contribution is -0.129. The molecule has 19 heavy (non-hydrogen) atoms. The number of likely N-dealkylation sites (tertiary alicyclic amines) is 1. The van der Waals surface area contributed by atoms with Crippen molar-refractivity contribution in [1.29, 1.82) is 0 Å². The molecule has 1 saturated heterocycles. The van der Waals surface area contributed by atoms with Crippen LogP contribution in [0.5, 0.6) is 5.75 Å². The summed E-state index contributed by atoms with van der Waals surface area (Å²) in [6, 6.07) is 8.14. The lowest BCUT2D eigenvalue weighted by Crippen LogP contribution is -2.34. The number of halogens is 1. The fraction of sp³-hybridized carbons (Fsp3) is 0.500. The van der Waals surface area contributed by atoms with Gasteiger partial charge in [0.15, 0.2) is 0 Å². The molecule has 1 atom stereocenters. The van der Waals surface area contributed by atoms with Crippen molar-refractivity contribution in [2.24, 2.45) is 0 Å². The minimum absolute atomic E-state index is 0. The van der Waals surface area contributed by atoms with Gasteiger partial charge in [0.25, 0.3) is 0 Å². The summed E-state index contributed by atoms with van der Waals surface area (Å²) in [5.41, 5.74) is 1.01. The molecule has 1 unspecified atom stereocenters. The van der Waals surface area contributed by atoms with Gasteiger partial charge in [-0.3, -0.25) is 4.79 Å². The second-order valence-corrected chi connectivity index (χ2v) is 4.64. The number of amides is 1. The Bertz CT molecular complexity index is 426. The molecule has 1 fully saturated rings. The highest BCUT2D eigenvalue weighted by molar-refractivity contribution is 5.85. The second kappa shape index (κ2) is 7.36. The Kier molecular flexibility index (Phi) is 6.12. The van der Waals surface area contributed by atoms with Crippen LogP contribution in [0.3, 0.4) is 0 Å². The minimum Gasteiger partial charge on any atom is -0.497 e. The third-order valence-electron chi connectivity index (χ3n) is 3.44. The average molecular weight is 285 g/mol. The number of nitrogens with one attached hydrogen (secondary N) is 1. The van der Waals surface area contributed by atoms with E-state index in [0.717, 1.165) is 30.8 Å². The number of ether oxygens (including phenoxy) is 1. The van der Waals surface area contributed by atoms with Gasteiger partial charge in [-0.05, 0) is 31.2 Å². The zero-order valence-electron chi connectivity index (χ0n) is 11.4. The Morgan fingerprint density at radius 3 is 2.95 bits per heavy atom. The van der Waals surface area contributed by atoms with E-state index in [1.54, 1.807) is 7.11 Å². The van der Waals surface area contributed by atoms with E-state index in [9.17, 15) is 4.79 Å². The molecule has 1 heterocycles. The third kappa shape index (κ3) is 4.11. The van der Waals surface area contributed by atoms with Gasteiger partial charge in [-0.25, -0.2) is 0 Å². The maximum Gasteiger partial charge on any atom is 0.227 e. The van der Waals surface area contributed by atoms with E-state index in [2.05, 4.69) is 5.32 Å². The minimum atomic E-state index is 0. The Morgan fingerprint density at radius 1 is 1.53 bits per heavy atom. The van der Waals surface area contributed by atoms with Gasteiger partial charge in [0, 0.05) is 19.1 Å². The van der Waals surface area contributed by atoms with Gasteiger partial charge in [-0.1, -0.05) is 12.1 Å². The molecule has 0 aliphatic carbocycles. The second-order valence-electron chi connectivity index (χ2n) is 4.64.